The number of hydrogen-bond donors (Lipinski definition) is 0. The van der Waals surface area contributed by atoms with Gasteiger partial charge in [0.2, 0.25) is 0 Å². The Labute approximate surface area is 329 Å². The van der Waals surface area contributed by atoms with E-state index in [0.29, 0.717) is 5.82 Å². The fourth-order valence-electron chi connectivity index (χ4n) is 9.87. The Morgan fingerprint density at radius 3 is 1.77 bits per heavy atom. The Morgan fingerprint density at radius 1 is 0.456 bits per heavy atom. The lowest BCUT2D eigenvalue weighted by molar-refractivity contribution is 0.664. The molecule has 12 rings (SSSR count). The predicted molar refractivity (Wildman–Crippen MR) is 237 cm³/mol. The standard InChI is InChI=1S/C53H36N4/c1-53(2)41-28-13-9-24-37(41)47-48(53)51-46(40-27-12-15-30-43(40)56(51)35-21-7-4-8-22-35)45-39-26-11-16-31-44(39)57(50(45)47)36-23-17-20-34(32-36)52-54-42-29-14-10-25-38(42)49(55-52)33-18-5-3-6-19-33/h3-32H,1-2H3. The van der Waals surface area contributed by atoms with Crippen molar-refractivity contribution in [3.05, 3.63) is 193 Å². The van der Waals surface area contributed by atoms with Crippen LogP contribution >= 0.6 is 0 Å². The highest BCUT2D eigenvalue weighted by Crippen LogP contribution is 2.58. The van der Waals surface area contributed by atoms with E-state index in [9.17, 15) is 0 Å². The molecular weight excluding hydrogens is 693 g/mol. The average Bonchev–Trinajstić information content (AvgIpc) is 3.87. The molecule has 1 aliphatic carbocycles. The van der Waals surface area contributed by atoms with E-state index < -0.39 is 0 Å². The number of fused-ring (bicyclic) bond motifs is 13. The number of rotatable bonds is 4. The zero-order valence-electron chi connectivity index (χ0n) is 31.6. The molecule has 3 heterocycles. The smallest absolute Gasteiger partial charge is 0.160 e. The first kappa shape index (κ1) is 32.0. The van der Waals surface area contributed by atoms with E-state index in [2.05, 4.69) is 199 Å². The first-order valence-electron chi connectivity index (χ1n) is 19.7. The van der Waals surface area contributed by atoms with Crippen LogP contribution < -0.4 is 0 Å². The molecule has 4 nitrogen and oxygen atoms in total. The molecule has 0 bridgehead atoms. The molecule has 0 unspecified atom stereocenters. The molecule has 0 spiro atoms. The topological polar surface area (TPSA) is 35.6 Å². The van der Waals surface area contributed by atoms with E-state index in [0.717, 1.165) is 33.4 Å². The largest absolute Gasteiger partial charge is 0.309 e. The van der Waals surface area contributed by atoms with Crippen LogP contribution in [0, 0.1) is 0 Å². The van der Waals surface area contributed by atoms with Crippen LogP contribution in [0.4, 0.5) is 0 Å². The molecule has 0 radical (unpaired) electrons. The highest BCUT2D eigenvalue weighted by atomic mass is 15.0. The molecule has 57 heavy (non-hydrogen) atoms. The van der Waals surface area contributed by atoms with Gasteiger partial charge in [-0.05, 0) is 59.2 Å². The third-order valence-electron chi connectivity index (χ3n) is 12.2. The highest BCUT2D eigenvalue weighted by Gasteiger charge is 2.41. The first-order chi connectivity index (χ1) is 28.1. The summed E-state index contributed by atoms with van der Waals surface area (Å²) < 4.78 is 5.03. The molecule has 4 heteroatoms. The molecule has 0 atom stereocenters. The fourth-order valence-corrected chi connectivity index (χ4v) is 9.87. The molecule has 0 saturated heterocycles. The van der Waals surface area contributed by atoms with Crippen molar-refractivity contribution in [3.63, 3.8) is 0 Å². The van der Waals surface area contributed by atoms with Gasteiger partial charge in [-0.2, -0.15) is 0 Å². The van der Waals surface area contributed by atoms with E-state index in [-0.39, 0.29) is 5.41 Å². The van der Waals surface area contributed by atoms with Crippen molar-refractivity contribution in [2.75, 3.05) is 0 Å². The highest BCUT2D eigenvalue weighted by molar-refractivity contribution is 6.33. The quantitative estimate of drug-likeness (QED) is 0.181. The number of para-hydroxylation sites is 4. The van der Waals surface area contributed by atoms with Gasteiger partial charge in [0, 0.05) is 60.4 Å². The van der Waals surface area contributed by atoms with E-state index in [1.165, 1.54) is 71.6 Å². The second-order valence-electron chi connectivity index (χ2n) is 15.7. The monoisotopic (exact) mass is 728 g/mol. The molecule has 3 aromatic heterocycles. The molecule has 0 fully saturated rings. The van der Waals surface area contributed by atoms with Gasteiger partial charge in [0.15, 0.2) is 5.82 Å². The Hall–Kier alpha value is -7.30. The average molecular weight is 729 g/mol. The van der Waals surface area contributed by atoms with Gasteiger partial charge in [0.25, 0.3) is 0 Å². The maximum atomic E-state index is 5.28. The van der Waals surface area contributed by atoms with Crippen LogP contribution in [0.1, 0.15) is 25.0 Å². The molecule has 0 aliphatic heterocycles. The zero-order valence-corrected chi connectivity index (χ0v) is 31.6. The van der Waals surface area contributed by atoms with Gasteiger partial charge < -0.3 is 9.13 Å². The van der Waals surface area contributed by atoms with Gasteiger partial charge in [-0.1, -0.05) is 153 Å². The molecule has 0 N–H and O–H groups in total. The second kappa shape index (κ2) is 11.8. The van der Waals surface area contributed by atoms with E-state index in [4.69, 9.17) is 9.97 Å². The predicted octanol–water partition coefficient (Wildman–Crippen LogP) is 13.5. The van der Waals surface area contributed by atoms with Gasteiger partial charge in [0.1, 0.15) is 0 Å². The van der Waals surface area contributed by atoms with E-state index >= 15 is 0 Å². The fraction of sp³-hybridized carbons (Fsp3) is 0.0566. The molecule has 0 amide bonds. The third-order valence-corrected chi connectivity index (χ3v) is 12.2. The lowest BCUT2D eigenvalue weighted by Gasteiger charge is -2.24. The first-order valence-corrected chi connectivity index (χ1v) is 19.7. The lowest BCUT2D eigenvalue weighted by atomic mass is 9.81. The molecule has 11 aromatic rings. The van der Waals surface area contributed by atoms with Crippen molar-refractivity contribution in [3.8, 4) is 45.1 Å². The number of aromatic nitrogens is 4. The Morgan fingerprint density at radius 2 is 1.02 bits per heavy atom. The van der Waals surface area contributed by atoms with E-state index in [1.54, 1.807) is 0 Å². The summed E-state index contributed by atoms with van der Waals surface area (Å²) in [6.45, 7) is 4.82. The van der Waals surface area contributed by atoms with Crippen LogP contribution in [-0.4, -0.2) is 19.1 Å². The van der Waals surface area contributed by atoms with Crippen molar-refractivity contribution in [2.45, 2.75) is 19.3 Å². The number of benzene rings is 8. The second-order valence-corrected chi connectivity index (χ2v) is 15.7. The summed E-state index contributed by atoms with van der Waals surface area (Å²) in [6, 6.07) is 65.4. The summed E-state index contributed by atoms with van der Waals surface area (Å²) in [4.78, 5) is 10.4. The maximum absolute atomic E-state index is 5.28. The van der Waals surface area contributed by atoms with Gasteiger partial charge >= 0.3 is 0 Å². The van der Waals surface area contributed by atoms with Crippen LogP contribution in [-0.2, 0) is 5.41 Å². The summed E-state index contributed by atoms with van der Waals surface area (Å²) in [6.07, 6.45) is 0. The van der Waals surface area contributed by atoms with Gasteiger partial charge in [0.05, 0.1) is 33.3 Å². The number of nitrogens with zero attached hydrogens (tertiary/aromatic N) is 4. The minimum Gasteiger partial charge on any atom is -0.309 e. The lowest BCUT2D eigenvalue weighted by Crippen LogP contribution is -2.16. The van der Waals surface area contributed by atoms with Crippen molar-refractivity contribution in [1.29, 1.82) is 0 Å². The SMILES string of the molecule is CC1(C)c2ccccc2-c2c1c1c(c3ccccc3n1-c1ccccc1)c1c3ccccc3n(-c3cccc(-c4nc(-c5ccccc5)c5ccccc5n4)c3)c21. The summed E-state index contributed by atoms with van der Waals surface area (Å²) in [5.74, 6) is 0.709. The van der Waals surface area contributed by atoms with Gasteiger partial charge in [-0.15, -0.1) is 0 Å². The van der Waals surface area contributed by atoms with E-state index in [1.807, 2.05) is 6.07 Å². The minimum absolute atomic E-state index is 0.269. The molecular formula is C53H36N4. The number of hydrogen-bond acceptors (Lipinski definition) is 2. The zero-order chi connectivity index (χ0) is 37.8. The maximum Gasteiger partial charge on any atom is 0.160 e. The molecule has 8 aromatic carbocycles. The normalized spacial score (nSPS) is 13.2. The summed E-state index contributed by atoms with van der Waals surface area (Å²) in [5, 5.41) is 6.10. The van der Waals surface area contributed by atoms with Crippen molar-refractivity contribution >= 4 is 54.5 Å². The van der Waals surface area contributed by atoms with Crippen molar-refractivity contribution < 1.29 is 0 Å². The van der Waals surface area contributed by atoms with Crippen LogP contribution in [0.25, 0.3) is 99.7 Å². The minimum atomic E-state index is -0.269. The van der Waals surface area contributed by atoms with Gasteiger partial charge in [-0.25, -0.2) is 9.97 Å². The van der Waals surface area contributed by atoms with Crippen LogP contribution in [0.15, 0.2) is 182 Å². The Bertz CT molecular complexity index is 3420. The summed E-state index contributed by atoms with van der Waals surface area (Å²) >= 11 is 0. The van der Waals surface area contributed by atoms with Gasteiger partial charge in [-0.3, -0.25) is 0 Å². The third kappa shape index (κ3) is 4.44. The Kier molecular flexibility index (Phi) is 6.65. The molecule has 1 aliphatic rings. The summed E-state index contributed by atoms with van der Waals surface area (Å²) in [7, 11) is 0. The van der Waals surface area contributed by atoms with Crippen LogP contribution in [0.2, 0.25) is 0 Å². The van der Waals surface area contributed by atoms with Crippen molar-refractivity contribution in [2.24, 2.45) is 0 Å². The van der Waals surface area contributed by atoms with Crippen molar-refractivity contribution in [1.82, 2.24) is 19.1 Å². The molecule has 268 valence electrons. The summed E-state index contributed by atoms with van der Waals surface area (Å²) in [5.41, 5.74) is 16.1. The molecule has 0 saturated carbocycles. The Balaban J connectivity index is 1.24. The van der Waals surface area contributed by atoms with Crippen LogP contribution in [0.3, 0.4) is 0 Å². The van der Waals surface area contributed by atoms with Crippen LogP contribution in [0.5, 0.6) is 0 Å².